The number of urea groups is 1. The van der Waals surface area contributed by atoms with Gasteiger partial charge in [0.25, 0.3) is 0 Å². The molecule has 0 fully saturated rings. The van der Waals surface area contributed by atoms with Crippen LogP contribution in [0.25, 0.3) is 10.6 Å². The molecule has 3 rings (SSSR count). The number of hydrogen-bond acceptors (Lipinski definition) is 5. The van der Waals surface area contributed by atoms with Crippen molar-refractivity contribution in [2.75, 3.05) is 10.6 Å². The van der Waals surface area contributed by atoms with Crippen LogP contribution in [-0.2, 0) is 4.79 Å². The third-order valence-electron chi connectivity index (χ3n) is 4.49. The zero-order chi connectivity index (χ0) is 20.6. The van der Waals surface area contributed by atoms with Gasteiger partial charge in [0, 0.05) is 11.3 Å². The van der Waals surface area contributed by atoms with Gasteiger partial charge >= 0.3 is 6.03 Å². The number of anilines is 2. The first-order valence-electron chi connectivity index (χ1n) is 9.39. The molecular formula is C21H23N5O2S. The first-order chi connectivity index (χ1) is 14.1. The summed E-state index contributed by atoms with van der Waals surface area (Å²) in [6, 6.07) is 17.6. The van der Waals surface area contributed by atoms with Crippen LogP contribution < -0.4 is 16.0 Å². The molecule has 0 aliphatic carbocycles. The standard InChI is InChI=1S/C21H23N5O2S/c1-3-14(2)17(23-20(28)22-16-12-8-5-9-13-16)18(27)24-21-26-25-19(29-21)15-10-6-4-7-11-15/h4-14,17H,3H2,1-2H3,(H2,22,23,28)(H,24,26,27)/t14-,17+/m0/s1. The van der Waals surface area contributed by atoms with Gasteiger partial charge in [-0.2, -0.15) is 0 Å². The molecule has 1 heterocycles. The average Bonchev–Trinajstić information content (AvgIpc) is 3.21. The SMILES string of the molecule is CC[C@H](C)[C@@H](NC(=O)Nc1ccccc1)C(=O)Nc1nnc(-c2ccccc2)s1. The van der Waals surface area contributed by atoms with Gasteiger partial charge in [0.15, 0.2) is 0 Å². The summed E-state index contributed by atoms with van der Waals surface area (Å²) in [6.07, 6.45) is 0.731. The van der Waals surface area contributed by atoms with E-state index in [1.54, 1.807) is 12.1 Å². The fourth-order valence-corrected chi connectivity index (χ4v) is 3.44. The van der Waals surface area contributed by atoms with Crippen LogP contribution in [0, 0.1) is 5.92 Å². The van der Waals surface area contributed by atoms with Gasteiger partial charge in [0.05, 0.1) is 0 Å². The predicted octanol–water partition coefficient (Wildman–Crippen LogP) is 4.38. The van der Waals surface area contributed by atoms with E-state index in [1.807, 2.05) is 62.4 Å². The number of benzene rings is 2. The molecule has 29 heavy (non-hydrogen) atoms. The van der Waals surface area contributed by atoms with Crippen LogP contribution in [0.5, 0.6) is 0 Å². The van der Waals surface area contributed by atoms with E-state index in [9.17, 15) is 9.59 Å². The lowest BCUT2D eigenvalue weighted by Crippen LogP contribution is -2.49. The Kier molecular flexibility index (Phi) is 6.91. The van der Waals surface area contributed by atoms with Crippen LogP contribution in [0.2, 0.25) is 0 Å². The van der Waals surface area contributed by atoms with Gasteiger partial charge in [0.2, 0.25) is 11.0 Å². The summed E-state index contributed by atoms with van der Waals surface area (Å²) >= 11 is 1.29. The van der Waals surface area contributed by atoms with Crippen molar-refractivity contribution >= 4 is 34.1 Å². The minimum atomic E-state index is -0.701. The molecule has 8 heteroatoms. The van der Waals surface area contributed by atoms with E-state index in [2.05, 4.69) is 26.1 Å². The van der Waals surface area contributed by atoms with Crippen molar-refractivity contribution in [1.82, 2.24) is 15.5 Å². The molecule has 150 valence electrons. The summed E-state index contributed by atoms with van der Waals surface area (Å²) in [5.41, 5.74) is 1.59. The summed E-state index contributed by atoms with van der Waals surface area (Å²) in [5.74, 6) is -0.378. The molecule has 0 bridgehead atoms. The fourth-order valence-electron chi connectivity index (χ4n) is 2.69. The molecule has 3 N–H and O–H groups in total. The summed E-state index contributed by atoms with van der Waals surface area (Å²) in [5, 5.41) is 17.6. The van der Waals surface area contributed by atoms with Gasteiger partial charge in [-0.05, 0) is 18.1 Å². The molecule has 0 aliphatic heterocycles. The first kappa shape index (κ1) is 20.5. The highest BCUT2D eigenvalue weighted by atomic mass is 32.1. The Balaban J connectivity index is 1.66. The number of nitrogens with one attached hydrogen (secondary N) is 3. The Morgan fingerprint density at radius 3 is 2.28 bits per heavy atom. The zero-order valence-electron chi connectivity index (χ0n) is 16.3. The second-order valence-electron chi connectivity index (χ2n) is 6.60. The highest BCUT2D eigenvalue weighted by molar-refractivity contribution is 7.18. The van der Waals surface area contributed by atoms with E-state index < -0.39 is 12.1 Å². The molecule has 3 amide bonds. The highest BCUT2D eigenvalue weighted by Crippen LogP contribution is 2.26. The Labute approximate surface area is 173 Å². The van der Waals surface area contributed by atoms with Crippen molar-refractivity contribution in [1.29, 1.82) is 0 Å². The summed E-state index contributed by atoms with van der Waals surface area (Å²) in [7, 11) is 0. The monoisotopic (exact) mass is 409 g/mol. The fraction of sp³-hybridized carbons (Fsp3) is 0.238. The molecule has 0 saturated carbocycles. The van der Waals surface area contributed by atoms with Crippen LogP contribution in [0.15, 0.2) is 60.7 Å². The Morgan fingerprint density at radius 1 is 0.966 bits per heavy atom. The summed E-state index contributed by atoms with van der Waals surface area (Å²) in [6.45, 7) is 3.89. The second-order valence-corrected chi connectivity index (χ2v) is 7.57. The van der Waals surface area contributed by atoms with E-state index in [0.717, 1.165) is 17.0 Å². The maximum atomic E-state index is 12.8. The lowest BCUT2D eigenvalue weighted by atomic mass is 9.98. The summed E-state index contributed by atoms with van der Waals surface area (Å²) < 4.78 is 0. The van der Waals surface area contributed by atoms with Crippen LogP contribution in [0.1, 0.15) is 20.3 Å². The number of hydrogen-bond donors (Lipinski definition) is 3. The third kappa shape index (κ3) is 5.61. The molecule has 2 atom stereocenters. The minimum Gasteiger partial charge on any atom is -0.326 e. The van der Waals surface area contributed by atoms with Gasteiger partial charge in [-0.15, -0.1) is 10.2 Å². The van der Waals surface area contributed by atoms with Gasteiger partial charge in [0.1, 0.15) is 11.0 Å². The molecule has 1 aromatic heterocycles. The maximum Gasteiger partial charge on any atom is 0.319 e. The molecule has 3 aromatic rings. The second kappa shape index (κ2) is 9.79. The molecule has 0 radical (unpaired) electrons. The van der Waals surface area contributed by atoms with Crippen LogP contribution in [-0.4, -0.2) is 28.2 Å². The smallest absolute Gasteiger partial charge is 0.319 e. The average molecular weight is 410 g/mol. The lowest BCUT2D eigenvalue weighted by molar-refractivity contribution is -0.119. The van der Waals surface area contributed by atoms with Gasteiger partial charge in [-0.25, -0.2) is 4.79 Å². The Hall–Kier alpha value is -3.26. The molecular weight excluding hydrogens is 386 g/mol. The lowest BCUT2D eigenvalue weighted by Gasteiger charge is -2.23. The van der Waals surface area contributed by atoms with E-state index in [1.165, 1.54) is 11.3 Å². The number of para-hydroxylation sites is 1. The van der Waals surface area contributed by atoms with Crippen molar-refractivity contribution in [3.8, 4) is 10.6 Å². The van der Waals surface area contributed by atoms with E-state index in [0.29, 0.717) is 10.8 Å². The number of carbonyl (C=O) groups is 2. The highest BCUT2D eigenvalue weighted by Gasteiger charge is 2.27. The number of nitrogens with zero attached hydrogens (tertiary/aromatic N) is 2. The Morgan fingerprint density at radius 2 is 1.62 bits per heavy atom. The van der Waals surface area contributed by atoms with E-state index >= 15 is 0 Å². The van der Waals surface area contributed by atoms with Crippen molar-refractivity contribution in [2.24, 2.45) is 5.92 Å². The van der Waals surface area contributed by atoms with Crippen molar-refractivity contribution in [2.45, 2.75) is 26.3 Å². The minimum absolute atomic E-state index is 0.0574. The van der Waals surface area contributed by atoms with E-state index in [4.69, 9.17) is 0 Å². The van der Waals surface area contributed by atoms with Crippen LogP contribution in [0.4, 0.5) is 15.6 Å². The third-order valence-corrected chi connectivity index (χ3v) is 5.38. The van der Waals surface area contributed by atoms with Crippen LogP contribution >= 0.6 is 11.3 Å². The zero-order valence-corrected chi connectivity index (χ0v) is 17.1. The normalized spacial score (nSPS) is 12.6. The van der Waals surface area contributed by atoms with Crippen molar-refractivity contribution in [3.63, 3.8) is 0 Å². The van der Waals surface area contributed by atoms with Gasteiger partial charge in [-0.1, -0.05) is 80.1 Å². The quantitative estimate of drug-likeness (QED) is 0.539. The molecule has 0 saturated heterocycles. The number of carbonyl (C=O) groups excluding carboxylic acids is 2. The topological polar surface area (TPSA) is 96.0 Å². The van der Waals surface area contributed by atoms with Crippen molar-refractivity contribution in [3.05, 3.63) is 60.7 Å². The molecule has 0 spiro atoms. The Bertz CT molecular complexity index is 946. The van der Waals surface area contributed by atoms with Gasteiger partial charge in [-0.3, -0.25) is 10.1 Å². The molecule has 7 nitrogen and oxygen atoms in total. The molecule has 0 unspecified atom stereocenters. The summed E-state index contributed by atoms with van der Waals surface area (Å²) in [4.78, 5) is 25.2. The van der Waals surface area contributed by atoms with E-state index in [-0.39, 0.29) is 11.8 Å². The number of rotatable bonds is 7. The molecule has 2 aromatic carbocycles. The van der Waals surface area contributed by atoms with Crippen LogP contribution in [0.3, 0.4) is 0 Å². The number of aromatic nitrogens is 2. The molecule has 0 aliphatic rings. The van der Waals surface area contributed by atoms with Crippen molar-refractivity contribution < 1.29 is 9.59 Å². The first-order valence-corrected chi connectivity index (χ1v) is 10.2. The largest absolute Gasteiger partial charge is 0.326 e. The van der Waals surface area contributed by atoms with Gasteiger partial charge < -0.3 is 10.6 Å². The number of amides is 3. The predicted molar refractivity (Wildman–Crippen MR) is 116 cm³/mol. The maximum absolute atomic E-state index is 12.8.